The molecule has 0 aromatic rings. The van der Waals surface area contributed by atoms with Gasteiger partial charge < -0.3 is 9.84 Å². The molecule has 1 aliphatic rings. The summed E-state index contributed by atoms with van der Waals surface area (Å²) in [5.41, 5.74) is 0.765. The van der Waals surface area contributed by atoms with E-state index in [0.717, 1.165) is 17.8 Å². The Hall–Kier alpha value is -0.830. The van der Waals surface area contributed by atoms with E-state index >= 15 is 0 Å². The first-order valence-corrected chi connectivity index (χ1v) is 4.72. The molecular formula is C10H16O3. The molecule has 74 valence electrons. The molecule has 0 saturated heterocycles. The molecule has 1 unspecified atom stereocenters. The third-order valence-corrected chi connectivity index (χ3v) is 2.29. The second-order valence-electron chi connectivity index (χ2n) is 3.24. The van der Waals surface area contributed by atoms with Crippen molar-refractivity contribution in [3.63, 3.8) is 0 Å². The van der Waals surface area contributed by atoms with Gasteiger partial charge in [-0.05, 0) is 26.2 Å². The highest BCUT2D eigenvalue weighted by molar-refractivity contribution is 6.01. The minimum Gasteiger partial charge on any atom is -0.487 e. The molecule has 3 nitrogen and oxygen atoms in total. The molecule has 1 aliphatic heterocycles. The van der Waals surface area contributed by atoms with Crippen LogP contribution in [0.5, 0.6) is 0 Å². The molecule has 0 aromatic heterocycles. The summed E-state index contributed by atoms with van der Waals surface area (Å²) in [5.74, 6) is 0.846. The lowest BCUT2D eigenvalue weighted by Gasteiger charge is -2.05. The summed E-state index contributed by atoms with van der Waals surface area (Å²) in [6.07, 6.45) is 1.72. The zero-order chi connectivity index (χ0) is 9.84. The van der Waals surface area contributed by atoms with E-state index in [-0.39, 0.29) is 18.5 Å². The van der Waals surface area contributed by atoms with E-state index in [9.17, 15) is 4.79 Å². The van der Waals surface area contributed by atoms with Gasteiger partial charge >= 0.3 is 0 Å². The number of hydrogen-bond acceptors (Lipinski definition) is 3. The maximum atomic E-state index is 11.6. The van der Waals surface area contributed by atoms with Crippen LogP contribution in [-0.4, -0.2) is 23.6 Å². The number of hydrogen-bond donors (Lipinski definition) is 1. The molecule has 0 saturated carbocycles. The number of carbonyl (C=O) groups excluding carboxylic acids is 1. The molecule has 1 heterocycles. The molecule has 1 N–H and O–H groups in total. The molecule has 13 heavy (non-hydrogen) atoms. The quantitative estimate of drug-likeness (QED) is 0.718. The summed E-state index contributed by atoms with van der Waals surface area (Å²) in [6, 6.07) is 0. The Morgan fingerprint density at radius 3 is 2.69 bits per heavy atom. The van der Waals surface area contributed by atoms with Gasteiger partial charge in [0, 0.05) is 12.2 Å². The van der Waals surface area contributed by atoms with Crippen molar-refractivity contribution >= 4 is 5.78 Å². The van der Waals surface area contributed by atoms with Gasteiger partial charge in [-0.15, -0.1) is 0 Å². The maximum Gasteiger partial charge on any atom is 0.202 e. The summed E-state index contributed by atoms with van der Waals surface area (Å²) in [7, 11) is 0. The SMILES string of the molecule is CCC1OC(C)=C(CCCO)C1=O. The highest BCUT2D eigenvalue weighted by Crippen LogP contribution is 2.26. The second-order valence-corrected chi connectivity index (χ2v) is 3.24. The van der Waals surface area contributed by atoms with Crippen molar-refractivity contribution in [3.8, 4) is 0 Å². The van der Waals surface area contributed by atoms with Crippen LogP contribution < -0.4 is 0 Å². The van der Waals surface area contributed by atoms with Crippen LogP contribution in [0.15, 0.2) is 11.3 Å². The van der Waals surface area contributed by atoms with Crippen LogP contribution in [0.25, 0.3) is 0 Å². The van der Waals surface area contributed by atoms with E-state index in [1.165, 1.54) is 0 Å². The van der Waals surface area contributed by atoms with Gasteiger partial charge in [-0.1, -0.05) is 6.92 Å². The van der Waals surface area contributed by atoms with Crippen molar-refractivity contribution in [2.45, 2.75) is 39.2 Å². The van der Waals surface area contributed by atoms with Crippen LogP contribution in [-0.2, 0) is 9.53 Å². The van der Waals surface area contributed by atoms with Crippen LogP contribution in [0.2, 0.25) is 0 Å². The van der Waals surface area contributed by atoms with E-state index in [1.807, 2.05) is 13.8 Å². The molecule has 0 aliphatic carbocycles. The molecular weight excluding hydrogens is 168 g/mol. The van der Waals surface area contributed by atoms with Gasteiger partial charge in [0.25, 0.3) is 0 Å². The Kier molecular flexibility index (Phi) is 3.48. The van der Waals surface area contributed by atoms with Crippen molar-refractivity contribution in [2.24, 2.45) is 0 Å². The number of carbonyl (C=O) groups is 1. The van der Waals surface area contributed by atoms with E-state index in [1.54, 1.807) is 0 Å². The van der Waals surface area contributed by atoms with Crippen LogP contribution in [0.4, 0.5) is 0 Å². The fourth-order valence-electron chi connectivity index (χ4n) is 1.53. The first-order valence-electron chi connectivity index (χ1n) is 4.72. The molecule has 0 radical (unpaired) electrons. The average Bonchev–Trinajstić information content (AvgIpc) is 2.39. The predicted octanol–water partition coefficient (Wildman–Crippen LogP) is 1.41. The van der Waals surface area contributed by atoms with Crippen LogP contribution in [0.3, 0.4) is 0 Å². The topological polar surface area (TPSA) is 46.5 Å². The Balaban J connectivity index is 2.61. The Bertz CT molecular complexity index is 230. The number of ether oxygens (including phenoxy) is 1. The van der Waals surface area contributed by atoms with Gasteiger partial charge in [-0.2, -0.15) is 0 Å². The highest BCUT2D eigenvalue weighted by atomic mass is 16.5. The lowest BCUT2D eigenvalue weighted by Crippen LogP contribution is -2.16. The summed E-state index contributed by atoms with van der Waals surface area (Å²) in [6.45, 7) is 3.88. The summed E-state index contributed by atoms with van der Waals surface area (Å²) in [4.78, 5) is 11.6. The van der Waals surface area contributed by atoms with Crippen LogP contribution in [0.1, 0.15) is 33.1 Å². The number of aliphatic hydroxyl groups is 1. The lowest BCUT2D eigenvalue weighted by atomic mass is 10.0. The monoisotopic (exact) mass is 184 g/mol. The Labute approximate surface area is 78.4 Å². The summed E-state index contributed by atoms with van der Waals surface area (Å²) in [5, 5.41) is 8.65. The molecule has 1 rings (SSSR count). The maximum absolute atomic E-state index is 11.6. The van der Waals surface area contributed by atoms with Crippen molar-refractivity contribution < 1.29 is 14.6 Å². The second kappa shape index (κ2) is 4.42. The zero-order valence-corrected chi connectivity index (χ0v) is 8.17. The van der Waals surface area contributed by atoms with Gasteiger partial charge in [0.05, 0.1) is 0 Å². The largest absolute Gasteiger partial charge is 0.487 e. The molecule has 0 amide bonds. The molecule has 0 fully saturated rings. The van der Waals surface area contributed by atoms with Gasteiger partial charge in [-0.3, -0.25) is 4.79 Å². The Morgan fingerprint density at radius 2 is 2.23 bits per heavy atom. The highest BCUT2D eigenvalue weighted by Gasteiger charge is 2.30. The van der Waals surface area contributed by atoms with Gasteiger partial charge in [-0.25, -0.2) is 0 Å². The van der Waals surface area contributed by atoms with E-state index in [2.05, 4.69) is 0 Å². The van der Waals surface area contributed by atoms with E-state index < -0.39 is 0 Å². The minimum atomic E-state index is -0.270. The first-order chi connectivity index (χ1) is 6.20. The normalized spacial score (nSPS) is 22.4. The fraction of sp³-hybridized carbons (Fsp3) is 0.700. The van der Waals surface area contributed by atoms with Gasteiger partial charge in [0.15, 0.2) is 6.10 Å². The molecule has 3 heteroatoms. The zero-order valence-electron chi connectivity index (χ0n) is 8.17. The third kappa shape index (κ3) is 2.10. The Morgan fingerprint density at radius 1 is 1.54 bits per heavy atom. The first kappa shape index (κ1) is 10.3. The van der Waals surface area contributed by atoms with Gasteiger partial charge in [0.1, 0.15) is 5.76 Å². The van der Waals surface area contributed by atoms with Crippen molar-refractivity contribution in [1.29, 1.82) is 0 Å². The smallest absolute Gasteiger partial charge is 0.202 e. The number of ketones is 1. The van der Waals surface area contributed by atoms with Crippen LogP contribution in [0, 0.1) is 0 Å². The number of Topliss-reactive ketones (excluding diaryl/α,β-unsaturated/α-hetero) is 1. The van der Waals surface area contributed by atoms with E-state index in [4.69, 9.17) is 9.84 Å². The summed E-state index contributed by atoms with van der Waals surface area (Å²) >= 11 is 0. The molecule has 0 aromatic carbocycles. The van der Waals surface area contributed by atoms with E-state index in [0.29, 0.717) is 12.8 Å². The van der Waals surface area contributed by atoms with Crippen molar-refractivity contribution in [1.82, 2.24) is 0 Å². The molecule has 1 atom stereocenters. The van der Waals surface area contributed by atoms with Crippen molar-refractivity contribution in [3.05, 3.63) is 11.3 Å². The minimum absolute atomic E-state index is 0.105. The summed E-state index contributed by atoms with van der Waals surface area (Å²) < 4.78 is 5.38. The number of allylic oxidation sites excluding steroid dienone is 1. The average molecular weight is 184 g/mol. The van der Waals surface area contributed by atoms with Crippen LogP contribution >= 0.6 is 0 Å². The predicted molar refractivity (Wildman–Crippen MR) is 49.2 cm³/mol. The molecule has 0 bridgehead atoms. The number of aliphatic hydroxyl groups excluding tert-OH is 1. The molecule has 0 spiro atoms. The van der Waals surface area contributed by atoms with Crippen molar-refractivity contribution in [2.75, 3.05) is 6.61 Å². The van der Waals surface area contributed by atoms with Gasteiger partial charge in [0.2, 0.25) is 5.78 Å². The fourth-order valence-corrected chi connectivity index (χ4v) is 1.53. The lowest BCUT2D eigenvalue weighted by molar-refractivity contribution is -0.121. The standard InChI is InChI=1S/C10H16O3/c1-3-9-10(12)8(5-4-6-11)7(2)13-9/h9,11H,3-6H2,1-2H3. The third-order valence-electron chi connectivity index (χ3n) is 2.29. The number of rotatable bonds is 4.